The van der Waals surface area contributed by atoms with E-state index in [1.54, 1.807) is 25.1 Å². The van der Waals surface area contributed by atoms with Gasteiger partial charge in [-0.25, -0.2) is 8.42 Å². The number of rotatable bonds is 7. The monoisotopic (exact) mass is 362 g/mol. The molecule has 2 N–H and O–H groups in total. The molecule has 2 rings (SSSR count). The van der Waals surface area contributed by atoms with Gasteiger partial charge in [0.1, 0.15) is 12.4 Å². The second-order valence-electron chi connectivity index (χ2n) is 5.82. The Morgan fingerprint density at radius 1 is 1.08 bits per heavy atom. The predicted molar refractivity (Wildman–Crippen MR) is 98.7 cm³/mol. The zero-order valence-corrected chi connectivity index (χ0v) is 15.3. The average molecular weight is 362 g/mol. The molecule has 0 saturated carbocycles. The second kappa shape index (κ2) is 8.02. The summed E-state index contributed by atoms with van der Waals surface area (Å²) in [6, 6.07) is 12.5. The fraction of sp³-hybridized carbons (Fsp3) is 0.278. The van der Waals surface area contributed by atoms with Crippen LogP contribution in [0.5, 0.6) is 5.75 Å². The van der Waals surface area contributed by atoms with Crippen molar-refractivity contribution in [2.45, 2.75) is 13.8 Å². The number of anilines is 1. The number of benzene rings is 2. The lowest BCUT2D eigenvalue weighted by atomic mass is 10.1. The summed E-state index contributed by atoms with van der Waals surface area (Å²) in [4.78, 5) is 12.1. The summed E-state index contributed by atoms with van der Waals surface area (Å²) < 4.78 is 30.5. The van der Waals surface area contributed by atoms with Crippen molar-refractivity contribution in [2.75, 3.05) is 24.1 Å². The Bertz CT molecular complexity index is 846. The van der Waals surface area contributed by atoms with Crippen molar-refractivity contribution >= 4 is 21.6 Å². The van der Waals surface area contributed by atoms with Gasteiger partial charge in [0.05, 0.1) is 18.5 Å². The first-order valence-corrected chi connectivity index (χ1v) is 9.70. The molecule has 6 nitrogen and oxygen atoms in total. The van der Waals surface area contributed by atoms with E-state index in [0.717, 1.165) is 17.6 Å². The highest BCUT2D eigenvalue weighted by atomic mass is 32.2. The van der Waals surface area contributed by atoms with Crippen molar-refractivity contribution in [2.24, 2.45) is 0 Å². The molecule has 0 saturated heterocycles. The summed E-state index contributed by atoms with van der Waals surface area (Å²) in [6.45, 7) is 4.48. The summed E-state index contributed by atoms with van der Waals surface area (Å²) >= 11 is 0. The lowest BCUT2D eigenvalue weighted by Gasteiger charge is -2.11. The molecule has 134 valence electrons. The number of hydrogen-bond acceptors (Lipinski definition) is 4. The van der Waals surface area contributed by atoms with Crippen LogP contribution in [-0.4, -0.2) is 33.7 Å². The van der Waals surface area contributed by atoms with Crippen LogP contribution in [0.15, 0.2) is 42.5 Å². The molecule has 7 heteroatoms. The van der Waals surface area contributed by atoms with Crippen LogP contribution in [0.4, 0.5) is 5.69 Å². The van der Waals surface area contributed by atoms with Crippen LogP contribution in [0.25, 0.3) is 0 Å². The van der Waals surface area contributed by atoms with Gasteiger partial charge in [0.2, 0.25) is 10.0 Å². The van der Waals surface area contributed by atoms with Gasteiger partial charge in [0.15, 0.2) is 0 Å². The highest BCUT2D eigenvalue weighted by molar-refractivity contribution is 7.92. The Kier molecular flexibility index (Phi) is 6.03. The van der Waals surface area contributed by atoms with Gasteiger partial charge in [-0.3, -0.25) is 9.52 Å². The first-order chi connectivity index (χ1) is 11.7. The van der Waals surface area contributed by atoms with E-state index >= 15 is 0 Å². The quantitative estimate of drug-likeness (QED) is 0.741. The van der Waals surface area contributed by atoms with Crippen LogP contribution >= 0.6 is 0 Å². The van der Waals surface area contributed by atoms with Gasteiger partial charge in [0, 0.05) is 5.56 Å². The van der Waals surface area contributed by atoms with Crippen LogP contribution in [0, 0.1) is 13.8 Å². The topological polar surface area (TPSA) is 84.5 Å². The smallest absolute Gasteiger partial charge is 0.251 e. The fourth-order valence-corrected chi connectivity index (χ4v) is 2.82. The Morgan fingerprint density at radius 2 is 1.76 bits per heavy atom. The maximum atomic E-state index is 12.1. The van der Waals surface area contributed by atoms with Gasteiger partial charge < -0.3 is 10.1 Å². The molecule has 0 atom stereocenters. The van der Waals surface area contributed by atoms with Crippen molar-refractivity contribution in [3.63, 3.8) is 0 Å². The standard InChI is InChI=1S/C18H22N2O4S/c1-13-4-7-16(8-5-13)24-11-10-19-18(21)15-6-9-17(14(2)12-15)20-25(3,22)23/h4-9,12,20H,10-11H2,1-3H3,(H,19,21). The zero-order chi connectivity index (χ0) is 18.4. The highest BCUT2D eigenvalue weighted by Gasteiger charge is 2.09. The maximum absolute atomic E-state index is 12.1. The van der Waals surface area contributed by atoms with E-state index < -0.39 is 10.0 Å². The molecule has 0 aliphatic rings. The third kappa shape index (κ3) is 6.11. The van der Waals surface area contributed by atoms with Crippen molar-refractivity contribution in [3.8, 4) is 5.75 Å². The van der Waals surface area contributed by atoms with E-state index in [0.29, 0.717) is 30.0 Å². The highest BCUT2D eigenvalue weighted by Crippen LogP contribution is 2.17. The third-order valence-electron chi connectivity index (χ3n) is 3.46. The van der Waals surface area contributed by atoms with Gasteiger partial charge in [-0.2, -0.15) is 0 Å². The summed E-state index contributed by atoms with van der Waals surface area (Å²) in [6.07, 6.45) is 1.08. The average Bonchev–Trinajstić information content (AvgIpc) is 2.53. The molecule has 2 aromatic rings. The second-order valence-corrected chi connectivity index (χ2v) is 7.57. The maximum Gasteiger partial charge on any atom is 0.251 e. The lowest BCUT2D eigenvalue weighted by molar-refractivity contribution is 0.0947. The molecule has 0 bridgehead atoms. The zero-order valence-electron chi connectivity index (χ0n) is 14.5. The number of carbonyl (C=O) groups excluding carboxylic acids is 1. The molecule has 0 aromatic heterocycles. The first kappa shape index (κ1) is 18.8. The Morgan fingerprint density at radius 3 is 2.36 bits per heavy atom. The molecule has 25 heavy (non-hydrogen) atoms. The molecular formula is C18H22N2O4S. The Labute approximate surface area is 148 Å². The number of aryl methyl sites for hydroxylation is 2. The van der Waals surface area contributed by atoms with Crippen molar-refractivity contribution in [1.29, 1.82) is 0 Å². The molecule has 2 aromatic carbocycles. The molecule has 0 spiro atoms. The minimum atomic E-state index is -3.35. The number of amides is 1. The molecule has 0 heterocycles. The molecule has 0 unspecified atom stereocenters. The van der Waals surface area contributed by atoms with E-state index in [1.807, 2.05) is 31.2 Å². The van der Waals surface area contributed by atoms with E-state index in [-0.39, 0.29) is 5.91 Å². The summed E-state index contributed by atoms with van der Waals surface area (Å²) in [5, 5.41) is 2.77. The largest absolute Gasteiger partial charge is 0.492 e. The minimum absolute atomic E-state index is 0.235. The molecule has 0 aliphatic carbocycles. The number of sulfonamides is 1. The molecule has 0 fully saturated rings. The van der Waals surface area contributed by atoms with Crippen molar-refractivity contribution < 1.29 is 17.9 Å². The van der Waals surface area contributed by atoms with E-state index in [2.05, 4.69) is 10.0 Å². The molecule has 1 amide bonds. The van der Waals surface area contributed by atoms with Crippen LogP contribution in [-0.2, 0) is 10.0 Å². The number of hydrogen-bond donors (Lipinski definition) is 2. The third-order valence-corrected chi connectivity index (χ3v) is 4.05. The summed E-state index contributed by atoms with van der Waals surface area (Å²) in [5.74, 6) is 0.522. The first-order valence-electron chi connectivity index (χ1n) is 7.81. The minimum Gasteiger partial charge on any atom is -0.492 e. The van der Waals surface area contributed by atoms with Crippen LogP contribution in [0.2, 0.25) is 0 Å². The van der Waals surface area contributed by atoms with Gasteiger partial charge in [-0.15, -0.1) is 0 Å². The summed E-state index contributed by atoms with van der Waals surface area (Å²) in [5.41, 5.74) is 2.76. The number of ether oxygens (including phenoxy) is 1. The SMILES string of the molecule is Cc1ccc(OCCNC(=O)c2ccc(NS(C)(=O)=O)c(C)c2)cc1. The van der Waals surface area contributed by atoms with Crippen LogP contribution in [0.3, 0.4) is 0 Å². The summed E-state index contributed by atoms with van der Waals surface area (Å²) in [7, 11) is -3.35. The van der Waals surface area contributed by atoms with Crippen LogP contribution in [0.1, 0.15) is 21.5 Å². The fourth-order valence-electron chi connectivity index (χ4n) is 2.19. The van der Waals surface area contributed by atoms with Gasteiger partial charge in [0.25, 0.3) is 5.91 Å². The van der Waals surface area contributed by atoms with Crippen molar-refractivity contribution in [3.05, 3.63) is 59.2 Å². The van der Waals surface area contributed by atoms with Gasteiger partial charge in [-0.05, 0) is 49.7 Å². The molecular weight excluding hydrogens is 340 g/mol. The lowest BCUT2D eigenvalue weighted by Crippen LogP contribution is -2.28. The molecule has 0 radical (unpaired) electrons. The van der Waals surface area contributed by atoms with Gasteiger partial charge >= 0.3 is 0 Å². The van der Waals surface area contributed by atoms with Crippen molar-refractivity contribution in [1.82, 2.24) is 5.32 Å². The van der Waals surface area contributed by atoms with E-state index in [1.165, 1.54) is 0 Å². The van der Waals surface area contributed by atoms with Crippen LogP contribution < -0.4 is 14.8 Å². The Hall–Kier alpha value is -2.54. The number of nitrogens with one attached hydrogen (secondary N) is 2. The van der Waals surface area contributed by atoms with E-state index in [4.69, 9.17) is 4.74 Å². The predicted octanol–water partition coefficient (Wildman–Crippen LogP) is 2.48. The van der Waals surface area contributed by atoms with E-state index in [9.17, 15) is 13.2 Å². The number of carbonyl (C=O) groups is 1. The Balaban J connectivity index is 1.86. The normalized spacial score (nSPS) is 11.0. The molecule has 0 aliphatic heterocycles. The van der Waals surface area contributed by atoms with Gasteiger partial charge in [-0.1, -0.05) is 17.7 Å².